The second-order valence-corrected chi connectivity index (χ2v) is 6.75. The SMILES string of the molecule is N#CCC[Se]CCCN1C(=O)c2ccccc2C1=O. The van der Waals surface area contributed by atoms with E-state index in [1.165, 1.54) is 4.90 Å². The zero-order valence-corrected chi connectivity index (χ0v) is 12.2. The molecular formula is C14H14N2O2Se. The third-order valence-corrected chi connectivity index (χ3v) is 5.15. The molecule has 1 aliphatic heterocycles. The van der Waals surface area contributed by atoms with E-state index >= 15 is 0 Å². The van der Waals surface area contributed by atoms with Crippen LogP contribution in [0.1, 0.15) is 33.6 Å². The molecule has 0 aliphatic carbocycles. The number of benzene rings is 1. The maximum atomic E-state index is 12.0. The summed E-state index contributed by atoms with van der Waals surface area (Å²) in [5, 5.41) is 10.4. The molecule has 0 spiro atoms. The Morgan fingerprint density at radius 2 is 1.74 bits per heavy atom. The zero-order valence-electron chi connectivity index (χ0n) is 10.5. The van der Waals surface area contributed by atoms with Crippen LogP contribution in [0, 0.1) is 11.3 Å². The van der Waals surface area contributed by atoms with Crippen LogP contribution in [0.3, 0.4) is 0 Å². The fourth-order valence-corrected chi connectivity index (χ4v) is 3.61. The van der Waals surface area contributed by atoms with Gasteiger partial charge in [0.05, 0.1) is 0 Å². The van der Waals surface area contributed by atoms with Gasteiger partial charge in [-0.1, -0.05) is 0 Å². The van der Waals surface area contributed by atoms with E-state index in [0.29, 0.717) is 39.0 Å². The van der Waals surface area contributed by atoms with Crippen LogP contribution in [-0.4, -0.2) is 38.2 Å². The topological polar surface area (TPSA) is 61.2 Å². The molecule has 2 amide bonds. The average Bonchev–Trinajstić information content (AvgIpc) is 2.68. The van der Waals surface area contributed by atoms with E-state index in [-0.39, 0.29) is 11.8 Å². The Morgan fingerprint density at radius 3 is 2.32 bits per heavy atom. The van der Waals surface area contributed by atoms with Crippen molar-refractivity contribution in [3.8, 4) is 6.07 Å². The molecule has 1 heterocycles. The van der Waals surface area contributed by atoms with Crippen molar-refractivity contribution in [2.45, 2.75) is 23.5 Å². The number of nitrogens with zero attached hydrogens (tertiary/aromatic N) is 2. The summed E-state index contributed by atoms with van der Waals surface area (Å²) in [7, 11) is 0. The Labute approximate surface area is 118 Å². The van der Waals surface area contributed by atoms with Gasteiger partial charge < -0.3 is 0 Å². The van der Waals surface area contributed by atoms with E-state index in [1.807, 2.05) is 0 Å². The fourth-order valence-electron chi connectivity index (χ4n) is 1.99. The first-order chi connectivity index (χ1) is 9.25. The first kappa shape index (κ1) is 13.8. The standard InChI is InChI=1S/C14H14N2O2Se/c15-7-3-9-19-10-4-8-16-13(17)11-5-1-2-6-12(11)14(16)18/h1-2,5-6H,3-4,8-10H2. The van der Waals surface area contributed by atoms with E-state index in [4.69, 9.17) is 5.26 Å². The molecule has 0 unspecified atom stereocenters. The molecule has 0 saturated heterocycles. The molecule has 0 radical (unpaired) electrons. The Morgan fingerprint density at radius 1 is 1.11 bits per heavy atom. The normalized spacial score (nSPS) is 13.5. The van der Waals surface area contributed by atoms with Gasteiger partial charge in [0, 0.05) is 0 Å². The number of fused-ring (bicyclic) bond motifs is 1. The van der Waals surface area contributed by atoms with Crippen molar-refractivity contribution in [2.75, 3.05) is 6.54 Å². The van der Waals surface area contributed by atoms with Gasteiger partial charge in [0.2, 0.25) is 0 Å². The van der Waals surface area contributed by atoms with Crippen molar-refractivity contribution in [3.63, 3.8) is 0 Å². The minimum absolute atomic E-state index is 0.176. The molecule has 1 aromatic rings. The summed E-state index contributed by atoms with van der Waals surface area (Å²) in [6, 6.07) is 9.08. The number of nitriles is 1. The van der Waals surface area contributed by atoms with Crippen molar-refractivity contribution in [1.29, 1.82) is 5.26 Å². The van der Waals surface area contributed by atoms with Crippen molar-refractivity contribution >= 4 is 26.8 Å². The summed E-state index contributed by atoms with van der Waals surface area (Å²) in [4.78, 5) is 25.4. The van der Waals surface area contributed by atoms with Gasteiger partial charge in [-0.2, -0.15) is 0 Å². The quantitative estimate of drug-likeness (QED) is 0.458. The molecule has 0 bridgehead atoms. The van der Waals surface area contributed by atoms with Gasteiger partial charge in [0.25, 0.3) is 0 Å². The van der Waals surface area contributed by atoms with Gasteiger partial charge in [-0.3, -0.25) is 0 Å². The third-order valence-electron chi connectivity index (χ3n) is 2.91. The molecule has 0 N–H and O–H groups in total. The van der Waals surface area contributed by atoms with Gasteiger partial charge in [-0.15, -0.1) is 0 Å². The van der Waals surface area contributed by atoms with Crippen LogP contribution in [0.2, 0.25) is 10.6 Å². The number of imide groups is 1. The van der Waals surface area contributed by atoms with Crippen LogP contribution in [-0.2, 0) is 0 Å². The zero-order chi connectivity index (χ0) is 13.7. The summed E-state index contributed by atoms with van der Waals surface area (Å²) in [5.74, 6) is -0.352. The first-order valence-corrected chi connectivity index (χ1v) is 8.58. The van der Waals surface area contributed by atoms with E-state index in [1.54, 1.807) is 24.3 Å². The van der Waals surface area contributed by atoms with Gasteiger partial charge in [0.1, 0.15) is 0 Å². The maximum absolute atomic E-state index is 12.0. The first-order valence-electron chi connectivity index (χ1n) is 6.15. The number of rotatable bonds is 6. The van der Waals surface area contributed by atoms with E-state index < -0.39 is 0 Å². The van der Waals surface area contributed by atoms with Crippen LogP contribution in [0.5, 0.6) is 0 Å². The predicted molar refractivity (Wildman–Crippen MR) is 72.0 cm³/mol. The molecule has 4 nitrogen and oxygen atoms in total. The van der Waals surface area contributed by atoms with Crippen LogP contribution >= 0.6 is 0 Å². The number of carbonyl (C=O) groups excluding carboxylic acids is 2. The number of hydrogen-bond donors (Lipinski definition) is 0. The van der Waals surface area contributed by atoms with Crippen LogP contribution in [0.15, 0.2) is 24.3 Å². The Kier molecular flexibility index (Phi) is 4.73. The Balaban J connectivity index is 1.85. The van der Waals surface area contributed by atoms with Crippen molar-refractivity contribution < 1.29 is 9.59 Å². The van der Waals surface area contributed by atoms with Crippen molar-refractivity contribution in [2.24, 2.45) is 0 Å². The molecule has 19 heavy (non-hydrogen) atoms. The summed E-state index contributed by atoms with van der Waals surface area (Å²) < 4.78 is 0. The van der Waals surface area contributed by atoms with Crippen LogP contribution < -0.4 is 0 Å². The van der Waals surface area contributed by atoms with Crippen LogP contribution in [0.4, 0.5) is 0 Å². The summed E-state index contributed by atoms with van der Waals surface area (Å²) >= 11 is 0.439. The fraction of sp³-hybridized carbons (Fsp3) is 0.357. The molecule has 2 rings (SSSR count). The van der Waals surface area contributed by atoms with Crippen LogP contribution in [0.25, 0.3) is 0 Å². The van der Waals surface area contributed by atoms with E-state index in [2.05, 4.69) is 6.07 Å². The Hall–Kier alpha value is -1.63. The van der Waals surface area contributed by atoms with Gasteiger partial charge in [-0.05, 0) is 0 Å². The molecule has 0 atom stereocenters. The third kappa shape index (κ3) is 3.04. The molecule has 98 valence electrons. The predicted octanol–water partition coefficient (Wildman–Crippen LogP) is 2.13. The summed E-state index contributed by atoms with van der Waals surface area (Å²) in [6.45, 7) is 0.487. The van der Waals surface area contributed by atoms with Crippen molar-refractivity contribution in [3.05, 3.63) is 35.4 Å². The number of carbonyl (C=O) groups is 2. The molecule has 0 fully saturated rings. The Bertz CT molecular complexity index is 501. The van der Waals surface area contributed by atoms with E-state index in [0.717, 1.165) is 17.1 Å². The molecule has 5 heteroatoms. The van der Waals surface area contributed by atoms with Gasteiger partial charge in [0.15, 0.2) is 0 Å². The summed E-state index contributed by atoms with van der Waals surface area (Å²) in [5.41, 5.74) is 1.03. The minimum atomic E-state index is -0.176. The molecule has 0 saturated carbocycles. The molecular weight excluding hydrogens is 307 g/mol. The average molecular weight is 321 g/mol. The summed E-state index contributed by atoms with van der Waals surface area (Å²) in [6.07, 6.45) is 1.43. The molecule has 0 aromatic heterocycles. The number of amides is 2. The molecule has 1 aliphatic rings. The van der Waals surface area contributed by atoms with Gasteiger partial charge in [-0.25, -0.2) is 0 Å². The second-order valence-electron chi connectivity index (χ2n) is 4.18. The van der Waals surface area contributed by atoms with E-state index in [9.17, 15) is 9.59 Å². The van der Waals surface area contributed by atoms with Crippen molar-refractivity contribution in [1.82, 2.24) is 4.90 Å². The molecule has 1 aromatic carbocycles. The number of hydrogen-bond acceptors (Lipinski definition) is 3. The monoisotopic (exact) mass is 322 g/mol. The second kappa shape index (κ2) is 6.51. The van der Waals surface area contributed by atoms with Gasteiger partial charge >= 0.3 is 118 Å².